The molecule has 3 amide bonds. The Balaban J connectivity index is 1.53. The predicted octanol–water partition coefficient (Wildman–Crippen LogP) is 4.54. The molecule has 6 rings (SSSR count). The number of aromatic nitrogens is 2. The molecule has 2 aromatic carbocycles. The molecule has 4 aromatic rings. The Morgan fingerprint density at radius 2 is 1.63 bits per heavy atom. The summed E-state index contributed by atoms with van der Waals surface area (Å²) in [4.78, 5) is 39.3. The van der Waals surface area contributed by atoms with Crippen LogP contribution in [0.4, 0.5) is 4.79 Å². The van der Waals surface area contributed by atoms with E-state index >= 15 is 0 Å². The fraction of sp³-hybridized carbons (Fsp3) is 0.300. The maximum Gasteiger partial charge on any atom is 0.407 e. The van der Waals surface area contributed by atoms with Crippen molar-refractivity contribution in [1.82, 2.24) is 19.8 Å². The lowest BCUT2D eigenvalue weighted by Crippen LogP contribution is -2.42. The summed E-state index contributed by atoms with van der Waals surface area (Å²) in [6.45, 7) is 6.17. The molecule has 194 valence electrons. The Kier molecular flexibility index (Phi) is 5.45. The van der Waals surface area contributed by atoms with Gasteiger partial charge in [0.15, 0.2) is 0 Å². The largest absolute Gasteiger partial charge is 0.444 e. The Hall–Kier alpha value is -4.33. The van der Waals surface area contributed by atoms with Gasteiger partial charge in [0.25, 0.3) is 11.8 Å². The fourth-order valence-corrected chi connectivity index (χ4v) is 5.81. The smallest absolute Gasteiger partial charge is 0.407 e. The quantitative estimate of drug-likeness (QED) is 0.396. The molecule has 8 heteroatoms. The number of imide groups is 1. The van der Waals surface area contributed by atoms with Crippen LogP contribution in [0.5, 0.6) is 0 Å². The van der Waals surface area contributed by atoms with Crippen LogP contribution in [0.15, 0.2) is 54.7 Å². The van der Waals surface area contributed by atoms with Crippen molar-refractivity contribution in [1.29, 1.82) is 0 Å². The molecule has 8 nitrogen and oxygen atoms in total. The van der Waals surface area contributed by atoms with Crippen molar-refractivity contribution in [3.05, 3.63) is 71.5 Å². The zero-order valence-electron chi connectivity index (χ0n) is 21.9. The predicted molar refractivity (Wildman–Crippen MR) is 146 cm³/mol. The first-order chi connectivity index (χ1) is 18.1. The molecular formula is C30H30N4O4. The maximum atomic E-state index is 13.5. The number of fused-ring (bicyclic) bond motifs is 4. The average molecular weight is 511 g/mol. The number of alkyl carbamates (subject to hydrolysis) is 1. The van der Waals surface area contributed by atoms with Gasteiger partial charge in [-0.25, -0.2) is 4.79 Å². The monoisotopic (exact) mass is 510 g/mol. The normalized spacial score (nSPS) is 17.7. The number of rotatable bonds is 3. The summed E-state index contributed by atoms with van der Waals surface area (Å²) < 4.78 is 9.67. The van der Waals surface area contributed by atoms with Crippen LogP contribution in [0.1, 0.15) is 44.0 Å². The Labute approximate surface area is 220 Å². The summed E-state index contributed by atoms with van der Waals surface area (Å²) >= 11 is 0. The van der Waals surface area contributed by atoms with E-state index in [1.54, 1.807) is 0 Å². The van der Waals surface area contributed by atoms with E-state index in [-0.39, 0.29) is 6.04 Å². The second-order valence-corrected chi connectivity index (χ2v) is 11.0. The first-order valence-corrected chi connectivity index (χ1v) is 12.9. The lowest BCUT2D eigenvalue weighted by atomic mass is 9.91. The van der Waals surface area contributed by atoms with Crippen molar-refractivity contribution in [2.24, 2.45) is 7.05 Å². The van der Waals surface area contributed by atoms with Crippen LogP contribution in [-0.4, -0.2) is 38.7 Å². The first kappa shape index (κ1) is 24.0. The van der Waals surface area contributed by atoms with E-state index in [2.05, 4.69) is 15.2 Å². The molecule has 2 N–H and O–H groups in total. The first-order valence-electron chi connectivity index (χ1n) is 12.9. The van der Waals surface area contributed by atoms with E-state index in [9.17, 15) is 14.4 Å². The van der Waals surface area contributed by atoms with Gasteiger partial charge in [0.05, 0.1) is 11.1 Å². The number of benzene rings is 2. The van der Waals surface area contributed by atoms with Crippen LogP contribution < -0.4 is 10.6 Å². The molecule has 4 heterocycles. The number of hydrogen-bond acceptors (Lipinski definition) is 4. The van der Waals surface area contributed by atoms with Crippen LogP contribution in [0, 0.1) is 0 Å². The van der Waals surface area contributed by atoms with Crippen molar-refractivity contribution in [2.45, 2.75) is 51.8 Å². The lowest BCUT2D eigenvalue weighted by molar-refractivity contribution is -0.122. The second kappa shape index (κ2) is 8.62. The number of hydrogen-bond donors (Lipinski definition) is 2. The number of carbonyl (C=O) groups is 3. The maximum absolute atomic E-state index is 13.5. The molecule has 0 saturated carbocycles. The van der Waals surface area contributed by atoms with Gasteiger partial charge in [0.1, 0.15) is 5.60 Å². The number of para-hydroxylation sites is 2. The summed E-state index contributed by atoms with van der Waals surface area (Å²) in [7, 11) is 1.93. The van der Waals surface area contributed by atoms with Gasteiger partial charge in [-0.2, -0.15) is 0 Å². The molecule has 0 saturated heterocycles. The number of ether oxygens (including phenoxy) is 1. The van der Waals surface area contributed by atoms with E-state index in [1.807, 2.05) is 87.1 Å². The van der Waals surface area contributed by atoms with E-state index in [0.717, 1.165) is 45.0 Å². The van der Waals surface area contributed by atoms with Gasteiger partial charge in [-0.15, -0.1) is 0 Å². The summed E-state index contributed by atoms with van der Waals surface area (Å²) in [6, 6.07) is 15.6. The number of nitrogens with zero attached hydrogens (tertiary/aromatic N) is 2. The van der Waals surface area contributed by atoms with Crippen molar-refractivity contribution < 1.29 is 19.1 Å². The molecular weight excluding hydrogens is 480 g/mol. The molecule has 0 fully saturated rings. The minimum Gasteiger partial charge on any atom is -0.444 e. The molecule has 2 aromatic heterocycles. The molecule has 0 bridgehead atoms. The highest BCUT2D eigenvalue weighted by Gasteiger charge is 2.38. The minimum absolute atomic E-state index is 0.165. The van der Waals surface area contributed by atoms with Gasteiger partial charge < -0.3 is 19.2 Å². The molecule has 38 heavy (non-hydrogen) atoms. The summed E-state index contributed by atoms with van der Waals surface area (Å²) in [5, 5.41) is 7.39. The van der Waals surface area contributed by atoms with Gasteiger partial charge >= 0.3 is 6.09 Å². The third-order valence-corrected chi connectivity index (χ3v) is 7.29. The van der Waals surface area contributed by atoms with Crippen LogP contribution >= 0.6 is 0 Å². The fourth-order valence-electron chi connectivity index (χ4n) is 5.81. The van der Waals surface area contributed by atoms with Gasteiger partial charge in [0.2, 0.25) is 0 Å². The Morgan fingerprint density at radius 3 is 2.37 bits per heavy atom. The highest BCUT2D eigenvalue weighted by Crippen LogP contribution is 2.42. The molecule has 2 aliphatic rings. The van der Waals surface area contributed by atoms with Crippen molar-refractivity contribution in [3.8, 4) is 0 Å². The van der Waals surface area contributed by atoms with E-state index in [0.29, 0.717) is 24.1 Å². The van der Waals surface area contributed by atoms with Gasteiger partial charge in [0, 0.05) is 70.9 Å². The highest BCUT2D eigenvalue weighted by molar-refractivity contribution is 6.51. The van der Waals surface area contributed by atoms with E-state index < -0.39 is 23.5 Å². The van der Waals surface area contributed by atoms with Crippen molar-refractivity contribution in [3.63, 3.8) is 0 Å². The molecule has 1 atom stereocenters. The molecule has 0 spiro atoms. The van der Waals surface area contributed by atoms with Crippen molar-refractivity contribution in [2.75, 3.05) is 0 Å². The molecule has 0 radical (unpaired) electrons. The lowest BCUT2D eigenvalue weighted by Gasteiger charge is -2.28. The topological polar surface area (TPSA) is 94.4 Å². The van der Waals surface area contributed by atoms with E-state index in [1.165, 1.54) is 0 Å². The number of nitrogens with one attached hydrogen (secondary N) is 2. The summed E-state index contributed by atoms with van der Waals surface area (Å²) in [5.74, 6) is -0.802. The summed E-state index contributed by atoms with van der Waals surface area (Å²) in [5.41, 5.74) is 4.56. The SMILES string of the molecule is Cn1cc(C2=C(c3c4n(c5ccccc35)CCC(NC(=O)OC(C)(C)C)C4)C(=O)NC2=O)c2ccccc21. The highest BCUT2D eigenvalue weighted by atomic mass is 16.6. The third-order valence-electron chi connectivity index (χ3n) is 7.29. The van der Waals surface area contributed by atoms with Gasteiger partial charge in [-0.1, -0.05) is 36.4 Å². The minimum atomic E-state index is -0.598. The third kappa shape index (κ3) is 3.88. The van der Waals surface area contributed by atoms with Crippen LogP contribution in [0.2, 0.25) is 0 Å². The van der Waals surface area contributed by atoms with Crippen LogP contribution in [-0.2, 0) is 34.3 Å². The summed E-state index contributed by atoms with van der Waals surface area (Å²) in [6.07, 6.45) is 2.69. The Bertz CT molecular complexity index is 1680. The zero-order valence-corrected chi connectivity index (χ0v) is 21.9. The van der Waals surface area contributed by atoms with Crippen molar-refractivity contribution >= 4 is 50.9 Å². The van der Waals surface area contributed by atoms with Gasteiger partial charge in [-0.05, 0) is 39.3 Å². The molecule has 0 aliphatic carbocycles. The standard InChI is InChI=1S/C30H30N4O4/c1-30(2,3)38-29(37)31-17-13-14-34-22-12-8-6-10-19(22)24(23(34)15-17)26-25(27(35)32-28(26)36)20-16-33(4)21-11-7-5-9-18(20)21/h5-12,16-17H,13-15H2,1-4H3,(H,31,37)(H,32,35,36). The van der Waals surface area contributed by atoms with E-state index in [4.69, 9.17) is 4.74 Å². The van der Waals surface area contributed by atoms with Crippen LogP contribution in [0.3, 0.4) is 0 Å². The number of carbonyl (C=O) groups excluding carboxylic acids is 3. The van der Waals surface area contributed by atoms with Crippen LogP contribution in [0.25, 0.3) is 33.0 Å². The molecule has 1 unspecified atom stereocenters. The molecule has 2 aliphatic heterocycles. The van der Waals surface area contributed by atoms with Gasteiger partial charge in [-0.3, -0.25) is 14.9 Å². The number of aryl methyl sites for hydroxylation is 2. The average Bonchev–Trinajstić information content (AvgIpc) is 3.45. The Morgan fingerprint density at radius 1 is 0.974 bits per heavy atom. The number of amides is 3. The second-order valence-electron chi connectivity index (χ2n) is 11.0. The zero-order chi connectivity index (χ0) is 26.8.